The highest BCUT2D eigenvalue weighted by Crippen LogP contribution is 2.60. The fraction of sp³-hybridized carbons (Fsp3) is 0.806. The van der Waals surface area contributed by atoms with Crippen LogP contribution in [-0.4, -0.2) is 59.9 Å². The summed E-state index contributed by atoms with van der Waals surface area (Å²) in [7, 11) is 0. The first-order valence-corrected chi connectivity index (χ1v) is 33.4. The van der Waals surface area contributed by atoms with Crippen molar-refractivity contribution in [2.45, 2.75) is 300 Å². The van der Waals surface area contributed by atoms with Crippen LogP contribution < -0.4 is 9.47 Å². The Kier molecular flexibility index (Phi) is 28.8. The summed E-state index contributed by atoms with van der Waals surface area (Å²) in [6.07, 6.45) is 39.8. The zero-order chi connectivity index (χ0) is 57.5. The molecule has 7 nitrogen and oxygen atoms in total. The summed E-state index contributed by atoms with van der Waals surface area (Å²) in [6, 6.07) is 0. The van der Waals surface area contributed by atoms with E-state index in [1.54, 1.807) is 5.57 Å². The summed E-state index contributed by atoms with van der Waals surface area (Å²) in [4.78, 5) is 29.0. The molecule has 1 aromatic rings. The molecule has 450 valence electrons. The van der Waals surface area contributed by atoms with Crippen molar-refractivity contribution in [3.8, 4) is 11.5 Å². The minimum Gasteiger partial charge on any atom is -0.487 e. The summed E-state index contributed by atoms with van der Waals surface area (Å²) in [5.41, 5.74) is 8.76. The van der Waals surface area contributed by atoms with Crippen LogP contribution >= 0.6 is 0 Å². The molecule has 4 aliphatic rings. The largest absolute Gasteiger partial charge is 0.487 e. The van der Waals surface area contributed by atoms with Gasteiger partial charge in [-0.15, -0.1) is 0 Å². The smallest absolute Gasteiger partial charge is 0.311 e. The van der Waals surface area contributed by atoms with Crippen molar-refractivity contribution in [3.05, 3.63) is 57.7 Å². The molecule has 0 radical (unpaired) electrons. The minimum atomic E-state index is -0.166. The van der Waals surface area contributed by atoms with E-state index in [4.69, 9.17) is 14.2 Å². The lowest BCUT2D eigenvalue weighted by Gasteiger charge is -2.44. The van der Waals surface area contributed by atoms with Crippen molar-refractivity contribution < 1.29 is 28.9 Å². The first-order valence-electron chi connectivity index (χ1n) is 33.4. The van der Waals surface area contributed by atoms with Gasteiger partial charge in [0.1, 0.15) is 23.2 Å². The molecule has 1 heterocycles. The van der Waals surface area contributed by atoms with E-state index in [1.807, 2.05) is 0 Å². The van der Waals surface area contributed by atoms with Crippen molar-refractivity contribution in [1.82, 2.24) is 4.90 Å². The predicted molar refractivity (Wildman–Crippen MR) is 333 cm³/mol. The number of fused-ring (bicyclic) bond motifs is 2. The maximum absolute atomic E-state index is 13.3. The Morgan fingerprint density at radius 2 is 1.28 bits per heavy atom. The number of aliphatic hydroxyl groups excluding tert-OH is 1. The number of nitrogens with zero attached hydrogens (tertiary/aromatic N) is 1. The van der Waals surface area contributed by atoms with Crippen LogP contribution in [0.2, 0.25) is 0 Å². The Bertz CT molecular complexity index is 2080. The second-order valence-corrected chi connectivity index (χ2v) is 28.1. The molecule has 1 N–H and O–H groups in total. The summed E-state index contributed by atoms with van der Waals surface area (Å²) in [6.45, 7) is 35.6. The Morgan fingerprint density at radius 3 is 1.92 bits per heavy atom. The number of carbonyl (C=O) groups is 2. The molecule has 0 amide bonds. The van der Waals surface area contributed by atoms with Crippen LogP contribution in [0.3, 0.4) is 0 Å². The molecule has 3 aliphatic carbocycles. The molecule has 0 saturated heterocycles. The van der Waals surface area contributed by atoms with E-state index in [1.165, 1.54) is 119 Å². The van der Waals surface area contributed by atoms with Crippen LogP contribution in [0.4, 0.5) is 0 Å². The van der Waals surface area contributed by atoms with Crippen molar-refractivity contribution in [1.29, 1.82) is 0 Å². The minimum absolute atomic E-state index is 0.0639. The number of ether oxygens (including phenoxy) is 3. The number of rotatable bonds is 36. The molecule has 3 fully saturated rings. The number of hydrogen-bond donors (Lipinski definition) is 1. The molecular formula is C72H121NO6. The fourth-order valence-corrected chi connectivity index (χ4v) is 14.9. The van der Waals surface area contributed by atoms with E-state index >= 15 is 0 Å². The normalized spacial score (nSPS) is 24.5. The molecule has 0 aromatic heterocycles. The summed E-state index contributed by atoms with van der Waals surface area (Å²) in [5.74, 6) is 7.08. The SMILES string of the molecule is C=C1CCC(OC(=O)CCCCCN(CCCCO)CCCCCC(=O)Oc2c(C)c(C)c3c(c2C)CCC(C)(CCCC(C)CCCC(C)CCCC(C)C)O3)C/C1=C/C=C1\CCCC2(C)C1CCC2C(C)CCCC(C)C. The standard InChI is InChI=1S/C72H121NO6/c1-52(2)27-22-29-54(5)30-24-31-55(6)32-25-44-71(12)46-43-64-60(11)69(58(9)59(10)70(64)79-71)78-68(76)36-17-15-19-48-73(49-20-21-50-74)47-18-14-16-35-67(75)77-63-40-37-56(7)62(51-63)39-38-61-34-26-45-72(13)65(41-42-66(61)72)57(8)33-23-28-53(3)4/h38-39,52-55,57,63,65-66,74H,7,14-37,40-51H2,1-6,8-13H3/b61-38+,62-39-. The van der Waals surface area contributed by atoms with E-state index in [0.29, 0.717) is 24.2 Å². The van der Waals surface area contributed by atoms with Crippen molar-refractivity contribution >= 4 is 11.9 Å². The van der Waals surface area contributed by atoms with Crippen LogP contribution in [0.1, 0.15) is 284 Å². The van der Waals surface area contributed by atoms with Crippen molar-refractivity contribution in [3.63, 3.8) is 0 Å². The lowest BCUT2D eigenvalue weighted by molar-refractivity contribution is -0.149. The van der Waals surface area contributed by atoms with Crippen molar-refractivity contribution in [2.24, 2.45) is 46.8 Å². The summed E-state index contributed by atoms with van der Waals surface area (Å²) < 4.78 is 19.2. The van der Waals surface area contributed by atoms with Crippen LogP contribution in [-0.2, 0) is 20.7 Å². The number of esters is 2. The van der Waals surface area contributed by atoms with Gasteiger partial charge in [0.25, 0.3) is 0 Å². The lowest BCUT2D eigenvalue weighted by Crippen LogP contribution is -2.37. The third kappa shape index (κ3) is 21.7. The van der Waals surface area contributed by atoms with Crippen LogP contribution in [0.15, 0.2) is 35.5 Å². The highest BCUT2D eigenvalue weighted by Gasteiger charge is 2.50. The Labute approximate surface area is 486 Å². The average Bonchev–Trinajstić information content (AvgIpc) is 3.83. The Balaban J connectivity index is 0.977. The first-order chi connectivity index (χ1) is 37.7. The van der Waals surface area contributed by atoms with E-state index in [2.05, 4.69) is 107 Å². The molecule has 0 bridgehead atoms. The second-order valence-electron chi connectivity index (χ2n) is 28.1. The number of hydrogen-bond acceptors (Lipinski definition) is 7. The van der Waals surface area contributed by atoms with Gasteiger partial charge >= 0.3 is 11.9 Å². The second kappa shape index (κ2) is 34.0. The highest BCUT2D eigenvalue weighted by atomic mass is 16.5. The highest BCUT2D eigenvalue weighted by molar-refractivity contribution is 5.74. The number of benzene rings is 1. The quantitative estimate of drug-likeness (QED) is 0.0407. The third-order valence-electron chi connectivity index (χ3n) is 20.3. The molecule has 1 aromatic carbocycles. The predicted octanol–water partition coefficient (Wildman–Crippen LogP) is 19.4. The maximum Gasteiger partial charge on any atom is 0.311 e. The monoisotopic (exact) mass is 1100 g/mol. The van der Waals surface area contributed by atoms with Crippen molar-refractivity contribution in [2.75, 3.05) is 26.2 Å². The molecule has 7 heteroatoms. The zero-order valence-electron chi connectivity index (χ0n) is 53.4. The summed E-state index contributed by atoms with van der Waals surface area (Å²) in [5, 5.41) is 9.50. The number of aliphatic hydroxyl groups is 1. The van der Waals surface area contributed by atoms with Gasteiger partial charge in [0.05, 0.1) is 0 Å². The van der Waals surface area contributed by atoms with Gasteiger partial charge in [-0.1, -0.05) is 162 Å². The molecule has 79 heavy (non-hydrogen) atoms. The Hall–Kier alpha value is -2.90. The van der Waals surface area contributed by atoms with Gasteiger partial charge in [-0.2, -0.15) is 0 Å². The van der Waals surface area contributed by atoms with Gasteiger partial charge in [0, 0.05) is 31.4 Å². The molecule has 3 saturated carbocycles. The molecule has 5 rings (SSSR count). The van der Waals surface area contributed by atoms with E-state index in [0.717, 1.165) is 173 Å². The number of allylic oxidation sites excluding steroid dienone is 4. The molecule has 8 atom stereocenters. The third-order valence-corrected chi connectivity index (χ3v) is 20.3. The number of unbranched alkanes of at least 4 members (excludes halogenated alkanes) is 5. The molecular weight excluding hydrogens is 975 g/mol. The zero-order valence-corrected chi connectivity index (χ0v) is 53.4. The molecule has 1 aliphatic heterocycles. The topological polar surface area (TPSA) is 85.3 Å². The van der Waals surface area contributed by atoms with Gasteiger partial charge in [0.2, 0.25) is 0 Å². The fourth-order valence-electron chi connectivity index (χ4n) is 14.9. The lowest BCUT2D eigenvalue weighted by atomic mass is 9.60. The van der Waals surface area contributed by atoms with Gasteiger partial charge in [0.15, 0.2) is 0 Å². The first kappa shape index (κ1) is 66.9. The van der Waals surface area contributed by atoms with Gasteiger partial charge in [-0.25, -0.2) is 0 Å². The van der Waals surface area contributed by atoms with Crippen LogP contribution in [0, 0.1) is 67.6 Å². The average molecular weight is 1100 g/mol. The van der Waals surface area contributed by atoms with E-state index in [9.17, 15) is 14.7 Å². The van der Waals surface area contributed by atoms with Gasteiger partial charge in [-0.05, 0) is 226 Å². The van der Waals surface area contributed by atoms with E-state index in [-0.39, 0.29) is 30.3 Å². The maximum atomic E-state index is 13.3. The summed E-state index contributed by atoms with van der Waals surface area (Å²) >= 11 is 0. The molecule has 0 spiro atoms. The van der Waals surface area contributed by atoms with Crippen LogP contribution in [0.5, 0.6) is 11.5 Å². The van der Waals surface area contributed by atoms with E-state index < -0.39 is 0 Å². The van der Waals surface area contributed by atoms with Crippen LogP contribution in [0.25, 0.3) is 0 Å². The van der Waals surface area contributed by atoms with Gasteiger partial charge in [-0.3, -0.25) is 9.59 Å². The van der Waals surface area contributed by atoms with Gasteiger partial charge < -0.3 is 24.2 Å². The molecule has 8 unspecified atom stereocenters. The number of carbonyl (C=O) groups excluding carboxylic acids is 2. The Morgan fingerprint density at radius 1 is 0.671 bits per heavy atom.